The van der Waals surface area contributed by atoms with Gasteiger partial charge >= 0.3 is 0 Å². The highest BCUT2D eigenvalue weighted by atomic mass is 127. The maximum atomic E-state index is 5.91. The molecule has 0 unspecified atom stereocenters. The Labute approximate surface area is 214 Å². The molecule has 0 bridgehead atoms. The second kappa shape index (κ2) is 15.0. The highest BCUT2D eigenvalue weighted by Crippen LogP contribution is 2.22. The molecule has 182 valence electrons. The van der Waals surface area contributed by atoms with Gasteiger partial charge in [0.05, 0.1) is 26.4 Å². The zero-order chi connectivity index (χ0) is 22.6. The van der Waals surface area contributed by atoms with E-state index in [0.29, 0.717) is 26.3 Å². The zero-order valence-electron chi connectivity index (χ0n) is 19.9. The van der Waals surface area contributed by atoms with Crippen LogP contribution in [0.4, 0.5) is 5.69 Å². The van der Waals surface area contributed by atoms with Gasteiger partial charge in [-0.1, -0.05) is 30.3 Å². The molecule has 2 aromatic carbocycles. The van der Waals surface area contributed by atoms with Gasteiger partial charge < -0.3 is 29.7 Å². The third kappa shape index (κ3) is 8.68. The lowest BCUT2D eigenvalue weighted by atomic mass is 10.1. The molecule has 2 aromatic rings. The lowest BCUT2D eigenvalue weighted by molar-refractivity contribution is 0.122. The smallest absolute Gasteiger partial charge is 0.191 e. The maximum Gasteiger partial charge on any atom is 0.191 e. The van der Waals surface area contributed by atoms with E-state index in [0.717, 1.165) is 55.7 Å². The van der Waals surface area contributed by atoms with E-state index in [1.807, 2.05) is 0 Å². The monoisotopic (exact) mass is 568 g/mol. The minimum Gasteiger partial charge on any atom is -0.491 e. The van der Waals surface area contributed by atoms with Crippen LogP contribution in [-0.4, -0.2) is 59.1 Å². The van der Waals surface area contributed by atoms with E-state index in [2.05, 4.69) is 71.8 Å². The van der Waals surface area contributed by atoms with Crippen molar-refractivity contribution in [2.45, 2.75) is 26.9 Å². The molecule has 0 saturated carbocycles. The molecule has 1 saturated heterocycles. The number of nitrogens with zero attached hydrogens (tertiary/aromatic N) is 2. The predicted octanol–water partition coefficient (Wildman–Crippen LogP) is 3.73. The number of halogens is 1. The number of nitrogens with one attached hydrogen (secondary N) is 2. The van der Waals surface area contributed by atoms with Crippen LogP contribution in [0.15, 0.2) is 47.5 Å². The van der Waals surface area contributed by atoms with Crippen molar-refractivity contribution in [1.29, 1.82) is 0 Å². The van der Waals surface area contributed by atoms with Gasteiger partial charge in [0, 0.05) is 44.5 Å². The summed E-state index contributed by atoms with van der Waals surface area (Å²) in [5.74, 6) is 1.65. The van der Waals surface area contributed by atoms with Crippen LogP contribution in [-0.2, 0) is 22.6 Å². The minimum absolute atomic E-state index is 0. The summed E-state index contributed by atoms with van der Waals surface area (Å²) in [6.07, 6.45) is 0. The number of guanidine groups is 1. The normalized spacial score (nSPS) is 13.9. The highest BCUT2D eigenvalue weighted by molar-refractivity contribution is 14.0. The van der Waals surface area contributed by atoms with Crippen LogP contribution in [0.5, 0.6) is 5.75 Å². The molecule has 1 fully saturated rings. The van der Waals surface area contributed by atoms with Crippen molar-refractivity contribution in [1.82, 2.24) is 10.6 Å². The van der Waals surface area contributed by atoms with Crippen molar-refractivity contribution in [3.05, 3.63) is 59.2 Å². The van der Waals surface area contributed by atoms with Gasteiger partial charge in [0.25, 0.3) is 0 Å². The average molecular weight is 569 g/mol. The number of aliphatic imine (C=N–C) groups is 1. The first-order chi connectivity index (χ1) is 15.7. The Morgan fingerprint density at radius 3 is 2.61 bits per heavy atom. The number of methoxy groups -OCH3 is 1. The number of hydrogen-bond donors (Lipinski definition) is 2. The fourth-order valence-electron chi connectivity index (χ4n) is 3.62. The third-order valence-electron chi connectivity index (χ3n) is 5.31. The molecule has 8 heteroatoms. The quantitative estimate of drug-likeness (QED) is 0.197. The molecule has 1 heterocycles. The van der Waals surface area contributed by atoms with Gasteiger partial charge in [-0.15, -0.1) is 24.0 Å². The van der Waals surface area contributed by atoms with Gasteiger partial charge in [-0.3, -0.25) is 0 Å². The van der Waals surface area contributed by atoms with Crippen molar-refractivity contribution in [3.63, 3.8) is 0 Å². The van der Waals surface area contributed by atoms with Crippen LogP contribution in [0.1, 0.15) is 23.6 Å². The van der Waals surface area contributed by atoms with Gasteiger partial charge in [-0.25, -0.2) is 4.99 Å². The number of para-hydroxylation sites is 1. The van der Waals surface area contributed by atoms with Crippen molar-refractivity contribution in [2.75, 3.05) is 58.1 Å². The molecular weight excluding hydrogens is 531 g/mol. The van der Waals surface area contributed by atoms with Crippen LogP contribution in [0, 0.1) is 6.92 Å². The van der Waals surface area contributed by atoms with Gasteiger partial charge in [0.15, 0.2) is 5.96 Å². The first-order valence-corrected chi connectivity index (χ1v) is 11.3. The second-order valence-corrected chi connectivity index (χ2v) is 7.73. The Bertz CT molecular complexity index is 872. The number of rotatable bonds is 10. The molecule has 0 atom stereocenters. The summed E-state index contributed by atoms with van der Waals surface area (Å²) in [6.45, 7) is 10.6. The van der Waals surface area contributed by atoms with Crippen LogP contribution in [0.2, 0.25) is 0 Å². The van der Waals surface area contributed by atoms with Gasteiger partial charge in [0.1, 0.15) is 12.4 Å². The third-order valence-corrected chi connectivity index (χ3v) is 5.31. The largest absolute Gasteiger partial charge is 0.491 e. The summed E-state index contributed by atoms with van der Waals surface area (Å²) >= 11 is 0. The molecule has 2 N–H and O–H groups in total. The molecule has 1 aliphatic heterocycles. The Balaban J connectivity index is 0.00000385. The first-order valence-electron chi connectivity index (χ1n) is 11.3. The first kappa shape index (κ1) is 27.2. The molecular formula is C25H37IN4O3. The van der Waals surface area contributed by atoms with Gasteiger partial charge in [-0.2, -0.15) is 0 Å². The highest BCUT2D eigenvalue weighted by Gasteiger charge is 2.14. The van der Waals surface area contributed by atoms with E-state index in [1.165, 1.54) is 11.3 Å². The Hall–Kier alpha value is -2.04. The molecule has 0 spiro atoms. The molecule has 0 radical (unpaired) electrons. The molecule has 1 aliphatic rings. The van der Waals surface area contributed by atoms with E-state index in [-0.39, 0.29) is 24.0 Å². The lowest BCUT2D eigenvalue weighted by Crippen LogP contribution is -2.39. The topological polar surface area (TPSA) is 67.4 Å². The molecule has 7 nitrogen and oxygen atoms in total. The minimum atomic E-state index is 0. The summed E-state index contributed by atoms with van der Waals surface area (Å²) in [4.78, 5) is 7.20. The van der Waals surface area contributed by atoms with Crippen molar-refractivity contribution >= 4 is 35.6 Å². The fourth-order valence-corrected chi connectivity index (χ4v) is 3.62. The van der Waals surface area contributed by atoms with Crippen molar-refractivity contribution in [2.24, 2.45) is 4.99 Å². The van der Waals surface area contributed by atoms with E-state index in [4.69, 9.17) is 19.2 Å². The number of aryl methyl sites for hydroxylation is 1. The molecule has 3 rings (SSSR count). The van der Waals surface area contributed by atoms with Crippen LogP contribution < -0.4 is 20.3 Å². The van der Waals surface area contributed by atoms with Crippen molar-refractivity contribution < 1.29 is 14.2 Å². The lowest BCUT2D eigenvalue weighted by Gasteiger charge is -2.30. The number of benzene rings is 2. The Morgan fingerprint density at radius 2 is 1.85 bits per heavy atom. The molecule has 0 amide bonds. The van der Waals surface area contributed by atoms with Gasteiger partial charge in [0.2, 0.25) is 0 Å². The number of hydrogen-bond acceptors (Lipinski definition) is 5. The average Bonchev–Trinajstić information content (AvgIpc) is 2.83. The van der Waals surface area contributed by atoms with E-state index >= 15 is 0 Å². The Morgan fingerprint density at radius 1 is 1.06 bits per heavy atom. The maximum absolute atomic E-state index is 5.91. The van der Waals surface area contributed by atoms with Crippen molar-refractivity contribution in [3.8, 4) is 5.75 Å². The molecule has 0 aromatic heterocycles. The molecule has 0 aliphatic carbocycles. The van der Waals surface area contributed by atoms with Crippen LogP contribution in [0.25, 0.3) is 0 Å². The summed E-state index contributed by atoms with van der Waals surface area (Å²) in [5.41, 5.74) is 4.72. The second-order valence-electron chi connectivity index (χ2n) is 7.73. The van der Waals surface area contributed by atoms with Gasteiger partial charge in [-0.05, 0) is 37.1 Å². The number of morpholine rings is 1. The summed E-state index contributed by atoms with van der Waals surface area (Å²) in [5, 5.41) is 6.84. The van der Waals surface area contributed by atoms with E-state index < -0.39 is 0 Å². The fraction of sp³-hybridized carbons (Fsp3) is 0.480. The SMILES string of the molecule is CCNC(=NCc1ccc(C)cc1OCCOC)NCc1ccccc1N1CCOCC1.I. The Kier molecular flexibility index (Phi) is 12.3. The predicted molar refractivity (Wildman–Crippen MR) is 145 cm³/mol. The summed E-state index contributed by atoms with van der Waals surface area (Å²) in [7, 11) is 1.68. The summed E-state index contributed by atoms with van der Waals surface area (Å²) in [6, 6.07) is 14.8. The van der Waals surface area contributed by atoms with E-state index in [9.17, 15) is 0 Å². The number of ether oxygens (including phenoxy) is 3. The summed E-state index contributed by atoms with van der Waals surface area (Å²) < 4.78 is 16.5. The van der Waals surface area contributed by atoms with Crippen LogP contribution >= 0.6 is 24.0 Å². The van der Waals surface area contributed by atoms with Crippen LogP contribution in [0.3, 0.4) is 0 Å². The zero-order valence-corrected chi connectivity index (χ0v) is 22.3. The standard InChI is InChI=1S/C25H36N4O3.HI/c1-4-26-25(28-19-22-10-9-20(2)17-24(22)32-16-15-30-3)27-18-21-7-5-6-8-23(21)29-11-13-31-14-12-29;/h5-10,17H,4,11-16,18-19H2,1-3H3,(H2,26,27,28);1H. The number of anilines is 1. The molecule has 33 heavy (non-hydrogen) atoms. The van der Waals surface area contributed by atoms with E-state index in [1.54, 1.807) is 7.11 Å².